The van der Waals surface area contributed by atoms with Crippen LogP contribution in [0.1, 0.15) is 41.5 Å². The van der Waals surface area contributed by atoms with E-state index >= 15 is 0 Å². The molecule has 0 aromatic heterocycles. The van der Waals surface area contributed by atoms with Gasteiger partial charge in [0.25, 0.3) is 0 Å². The van der Waals surface area contributed by atoms with Crippen molar-refractivity contribution in [3.8, 4) is 6.07 Å². The van der Waals surface area contributed by atoms with Gasteiger partial charge in [-0.25, -0.2) is 14.4 Å². The molecule has 0 fully saturated rings. The number of hydrogen-bond acceptors (Lipinski definition) is 8. The third-order valence-electron chi connectivity index (χ3n) is 2.95. The minimum atomic E-state index is -0.783. The van der Waals surface area contributed by atoms with Crippen molar-refractivity contribution in [3.05, 3.63) is 41.1 Å². The van der Waals surface area contributed by atoms with E-state index in [1.165, 1.54) is 18.2 Å². The van der Waals surface area contributed by atoms with Crippen molar-refractivity contribution in [3.63, 3.8) is 0 Å². The molecule has 1 aromatic carbocycles. The quantitative estimate of drug-likeness (QED) is 0.325. The number of ether oxygens (including phenoxy) is 3. The molecule has 0 spiro atoms. The van der Waals surface area contributed by atoms with Gasteiger partial charge in [0.05, 0.1) is 30.9 Å². The van der Waals surface area contributed by atoms with E-state index in [4.69, 9.17) is 19.5 Å². The molecule has 0 heterocycles. The molecule has 0 bridgehead atoms. The number of carbonyl (C=O) groups excluding carboxylic acids is 3. The second kappa shape index (κ2) is 10.5. The zero-order valence-corrected chi connectivity index (χ0v) is 14.8. The Hall–Kier alpha value is -3.34. The average Bonchev–Trinajstić information content (AvgIpc) is 2.62. The first-order valence-electron chi connectivity index (χ1n) is 8.00. The predicted octanol–water partition coefficient (Wildman–Crippen LogP) is 2.42. The van der Waals surface area contributed by atoms with Gasteiger partial charge in [-0.2, -0.15) is 5.26 Å². The van der Waals surface area contributed by atoms with E-state index < -0.39 is 17.9 Å². The van der Waals surface area contributed by atoms with Crippen LogP contribution in [0.25, 0.3) is 0 Å². The summed E-state index contributed by atoms with van der Waals surface area (Å²) in [6.07, 6.45) is 1.14. The monoisotopic (exact) mass is 360 g/mol. The smallest absolute Gasteiger partial charge is 0.350 e. The second-order valence-corrected chi connectivity index (χ2v) is 4.77. The molecular formula is C18H20N2O6. The molecule has 0 amide bonds. The van der Waals surface area contributed by atoms with E-state index in [2.05, 4.69) is 5.32 Å². The summed E-state index contributed by atoms with van der Waals surface area (Å²) >= 11 is 0. The minimum Gasteiger partial charge on any atom is -0.462 e. The van der Waals surface area contributed by atoms with Gasteiger partial charge in [0.1, 0.15) is 6.07 Å². The Bertz CT molecular complexity index is 712. The highest BCUT2D eigenvalue weighted by molar-refractivity contribution is 5.97. The molecule has 0 saturated heterocycles. The molecular weight excluding hydrogens is 340 g/mol. The van der Waals surface area contributed by atoms with Crippen molar-refractivity contribution in [2.75, 3.05) is 25.1 Å². The Morgan fingerprint density at radius 3 is 1.88 bits per heavy atom. The first-order chi connectivity index (χ1) is 12.5. The number of anilines is 1. The van der Waals surface area contributed by atoms with Crippen LogP contribution < -0.4 is 5.32 Å². The summed E-state index contributed by atoms with van der Waals surface area (Å²) in [6.45, 7) is 5.41. The molecule has 1 N–H and O–H groups in total. The van der Waals surface area contributed by atoms with Gasteiger partial charge in [-0.05, 0) is 39.0 Å². The van der Waals surface area contributed by atoms with Crippen LogP contribution in [-0.2, 0) is 19.0 Å². The molecule has 26 heavy (non-hydrogen) atoms. The lowest BCUT2D eigenvalue weighted by Gasteiger charge is -2.09. The van der Waals surface area contributed by atoms with Crippen LogP contribution in [0, 0.1) is 11.3 Å². The summed E-state index contributed by atoms with van der Waals surface area (Å²) in [7, 11) is 0. The second-order valence-electron chi connectivity index (χ2n) is 4.77. The SMILES string of the molecule is CCOC(=O)/C(C#N)=C/Nc1cc(C(=O)OCC)cc(C(=O)OCC)c1. The highest BCUT2D eigenvalue weighted by Crippen LogP contribution is 2.18. The molecule has 1 rings (SSSR count). The zero-order chi connectivity index (χ0) is 19.5. The van der Waals surface area contributed by atoms with Crippen LogP contribution in [-0.4, -0.2) is 37.7 Å². The fraction of sp³-hybridized carbons (Fsp3) is 0.333. The molecule has 0 radical (unpaired) electrons. The molecule has 8 nitrogen and oxygen atoms in total. The van der Waals surface area contributed by atoms with Gasteiger partial charge in [0.2, 0.25) is 0 Å². The summed E-state index contributed by atoms with van der Waals surface area (Å²) < 4.78 is 14.6. The summed E-state index contributed by atoms with van der Waals surface area (Å²) in [5.41, 5.74) is 0.299. The molecule has 0 aliphatic rings. The molecule has 0 atom stereocenters. The summed E-state index contributed by atoms with van der Waals surface area (Å²) in [5.74, 6) is -2.01. The Morgan fingerprint density at radius 1 is 0.962 bits per heavy atom. The number of nitrogens with zero attached hydrogens (tertiary/aromatic N) is 1. The lowest BCUT2D eigenvalue weighted by Crippen LogP contribution is -2.11. The number of rotatable bonds is 8. The number of nitrogens with one attached hydrogen (secondary N) is 1. The number of nitriles is 1. The van der Waals surface area contributed by atoms with Crippen molar-refractivity contribution >= 4 is 23.6 Å². The number of benzene rings is 1. The molecule has 0 saturated carbocycles. The van der Waals surface area contributed by atoms with Crippen molar-refractivity contribution in [2.45, 2.75) is 20.8 Å². The summed E-state index contributed by atoms with van der Waals surface area (Å²) in [4.78, 5) is 35.6. The van der Waals surface area contributed by atoms with Gasteiger partial charge in [-0.3, -0.25) is 0 Å². The average molecular weight is 360 g/mol. The third-order valence-corrected chi connectivity index (χ3v) is 2.95. The molecule has 0 aliphatic heterocycles. The molecule has 0 unspecified atom stereocenters. The molecule has 1 aromatic rings. The van der Waals surface area contributed by atoms with Crippen LogP contribution in [0.2, 0.25) is 0 Å². The third kappa shape index (κ3) is 5.94. The first-order valence-corrected chi connectivity index (χ1v) is 8.00. The van der Waals surface area contributed by atoms with Gasteiger partial charge >= 0.3 is 17.9 Å². The van der Waals surface area contributed by atoms with Crippen molar-refractivity contribution in [1.82, 2.24) is 0 Å². The Balaban J connectivity index is 3.19. The predicted molar refractivity (Wildman–Crippen MR) is 92.3 cm³/mol. The summed E-state index contributed by atoms with van der Waals surface area (Å²) in [5, 5.41) is 11.7. The normalized spacial score (nSPS) is 10.5. The Kier molecular flexibility index (Phi) is 8.37. The maximum absolute atomic E-state index is 12.0. The van der Waals surface area contributed by atoms with E-state index in [0.29, 0.717) is 5.69 Å². The van der Waals surface area contributed by atoms with E-state index in [-0.39, 0.29) is 36.5 Å². The van der Waals surface area contributed by atoms with Crippen molar-refractivity contribution in [2.24, 2.45) is 0 Å². The lowest BCUT2D eigenvalue weighted by atomic mass is 10.1. The van der Waals surface area contributed by atoms with E-state index in [9.17, 15) is 14.4 Å². The molecule has 8 heteroatoms. The van der Waals surface area contributed by atoms with Crippen molar-refractivity contribution < 1.29 is 28.6 Å². The minimum absolute atomic E-state index is 0.128. The lowest BCUT2D eigenvalue weighted by molar-refractivity contribution is -0.138. The van der Waals surface area contributed by atoms with Crippen LogP contribution in [0.15, 0.2) is 30.0 Å². The highest BCUT2D eigenvalue weighted by atomic mass is 16.5. The first kappa shape index (κ1) is 20.7. The molecule has 138 valence electrons. The topological polar surface area (TPSA) is 115 Å². The molecule has 0 aliphatic carbocycles. The Morgan fingerprint density at radius 2 is 1.46 bits per heavy atom. The van der Waals surface area contributed by atoms with Crippen molar-refractivity contribution in [1.29, 1.82) is 5.26 Å². The van der Waals surface area contributed by atoms with Crippen LogP contribution in [0.4, 0.5) is 5.69 Å². The fourth-order valence-electron chi connectivity index (χ4n) is 1.88. The Labute approximate surface area is 151 Å². The summed E-state index contributed by atoms with van der Waals surface area (Å²) in [6, 6.07) is 5.92. The van der Waals surface area contributed by atoms with Crippen LogP contribution in [0.5, 0.6) is 0 Å². The van der Waals surface area contributed by atoms with E-state index in [1.807, 2.05) is 0 Å². The highest BCUT2D eigenvalue weighted by Gasteiger charge is 2.15. The van der Waals surface area contributed by atoms with Gasteiger partial charge in [0, 0.05) is 11.9 Å². The maximum Gasteiger partial charge on any atom is 0.350 e. The number of esters is 3. The largest absolute Gasteiger partial charge is 0.462 e. The van der Waals surface area contributed by atoms with Gasteiger partial charge in [-0.15, -0.1) is 0 Å². The van der Waals surface area contributed by atoms with Gasteiger partial charge in [-0.1, -0.05) is 0 Å². The van der Waals surface area contributed by atoms with Gasteiger partial charge < -0.3 is 19.5 Å². The number of hydrogen-bond donors (Lipinski definition) is 1. The maximum atomic E-state index is 12.0. The zero-order valence-electron chi connectivity index (χ0n) is 14.8. The van der Waals surface area contributed by atoms with Crippen LogP contribution >= 0.6 is 0 Å². The number of carbonyl (C=O) groups is 3. The van der Waals surface area contributed by atoms with Gasteiger partial charge in [0.15, 0.2) is 5.57 Å². The van der Waals surface area contributed by atoms with E-state index in [1.54, 1.807) is 26.8 Å². The fourth-order valence-corrected chi connectivity index (χ4v) is 1.88. The van der Waals surface area contributed by atoms with Crippen LogP contribution in [0.3, 0.4) is 0 Å². The standard InChI is InChI=1S/C18H20N2O6/c1-4-24-16(21)12-7-13(17(22)25-5-2)9-15(8-12)20-11-14(10-19)18(23)26-6-3/h7-9,11,20H,4-6H2,1-3H3/b14-11+. The van der Waals surface area contributed by atoms with E-state index in [0.717, 1.165) is 6.20 Å².